The number of anilines is 1. The van der Waals surface area contributed by atoms with Gasteiger partial charge in [0.25, 0.3) is 0 Å². The minimum absolute atomic E-state index is 0.0736. The van der Waals surface area contributed by atoms with E-state index in [-0.39, 0.29) is 11.8 Å². The highest BCUT2D eigenvalue weighted by atomic mass is 35.5. The molecule has 37 heavy (non-hydrogen) atoms. The van der Waals surface area contributed by atoms with E-state index in [0.717, 1.165) is 27.8 Å². The van der Waals surface area contributed by atoms with Crippen molar-refractivity contribution in [2.75, 3.05) is 18.4 Å². The predicted molar refractivity (Wildman–Crippen MR) is 146 cm³/mol. The Morgan fingerprint density at radius 1 is 0.919 bits per heavy atom. The first kappa shape index (κ1) is 25.8. The number of amides is 1. The van der Waals surface area contributed by atoms with Gasteiger partial charge in [0.15, 0.2) is 5.13 Å². The van der Waals surface area contributed by atoms with Gasteiger partial charge in [-0.25, -0.2) is 13.8 Å². The Hall–Kier alpha value is -2.84. The van der Waals surface area contributed by atoms with Crippen molar-refractivity contribution < 1.29 is 13.6 Å². The number of nitrogens with one attached hydrogen (secondary N) is 1. The molecule has 1 amide bonds. The van der Waals surface area contributed by atoms with Crippen LogP contribution in [-0.4, -0.2) is 28.9 Å². The Bertz CT molecular complexity index is 1320. The molecular formula is C28H23Cl2F2N3OS. The average Bonchev–Trinajstić information content (AvgIpc) is 3.28. The van der Waals surface area contributed by atoms with Crippen LogP contribution in [0.4, 0.5) is 13.9 Å². The van der Waals surface area contributed by atoms with E-state index in [1.54, 1.807) is 0 Å². The summed E-state index contributed by atoms with van der Waals surface area (Å²) in [6.45, 7) is 1.78. The number of aromatic nitrogens is 1. The first-order valence-electron chi connectivity index (χ1n) is 11.8. The predicted octanol–water partition coefficient (Wildman–Crippen LogP) is 7.91. The summed E-state index contributed by atoms with van der Waals surface area (Å²) < 4.78 is 27.0. The van der Waals surface area contributed by atoms with Crippen LogP contribution in [0.1, 0.15) is 18.4 Å². The fourth-order valence-corrected chi connectivity index (χ4v) is 5.74. The highest BCUT2D eigenvalue weighted by molar-refractivity contribution is 7.19. The minimum Gasteiger partial charge on any atom is -0.302 e. The molecule has 1 N–H and O–H groups in total. The molecule has 0 spiro atoms. The number of rotatable bonds is 6. The van der Waals surface area contributed by atoms with Gasteiger partial charge in [0.2, 0.25) is 5.91 Å². The van der Waals surface area contributed by atoms with Crippen molar-refractivity contribution in [2.45, 2.75) is 19.4 Å². The van der Waals surface area contributed by atoms with Crippen LogP contribution >= 0.6 is 34.5 Å². The number of thiazole rings is 1. The Kier molecular flexibility index (Phi) is 7.86. The van der Waals surface area contributed by atoms with Crippen molar-refractivity contribution in [3.63, 3.8) is 0 Å². The third kappa shape index (κ3) is 6.36. The molecule has 2 heterocycles. The first-order chi connectivity index (χ1) is 17.8. The highest BCUT2D eigenvalue weighted by Gasteiger charge is 2.26. The number of likely N-dealkylation sites (tertiary alicyclic amines) is 1. The number of carbonyl (C=O) groups is 1. The Morgan fingerprint density at radius 2 is 1.49 bits per heavy atom. The molecule has 0 atom stereocenters. The number of hydrogen-bond donors (Lipinski definition) is 1. The van der Waals surface area contributed by atoms with Gasteiger partial charge in [0.1, 0.15) is 11.6 Å². The Labute approximate surface area is 227 Å². The van der Waals surface area contributed by atoms with Gasteiger partial charge in [0.05, 0.1) is 10.6 Å². The smallest absolute Gasteiger partial charge is 0.229 e. The van der Waals surface area contributed by atoms with Gasteiger partial charge in [-0.1, -0.05) is 58.8 Å². The lowest BCUT2D eigenvalue weighted by atomic mass is 9.95. The molecule has 1 aliphatic heterocycles. The van der Waals surface area contributed by atoms with E-state index < -0.39 is 11.6 Å². The van der Waals surface area contributed by atoms with Gasteiger partial charge in [0, 0.05) is 34.1 Å². The third-order valence-corrected chi connectivity index (χ3v) is 7.89. The summed E-state index contributed by atoms with van der Waals surface area (Å²) in [4.78, 5) is 20.9. The van der Waals surface area contributed by atoms with E-state index >= 15 is 0 Å². The van der Waals surface area contributed by atoms with Gasteiger partial charge in [-0.3, -0.25) is 9.69 Å². The second kappa shape index (κ2) is 11.3. The molecule has 0 radical (unpaired) electrons. The number of hydrogen-bond acceptors (Lipinski definition) is 4. The van der Waals surface area contributed by atoms with Crippen molar-refractivity contribution in [3.05, 3.63) is 94.0 Å². The molecule has 9 heteroatoms. The van der Waals surface area contributed by atoms with Gasteiger partial charge < -0.3 is 5.32 Å². The third-order valence-electron chi connectivity index (χ3n) is 6.37. The zero-order chi connectivity index (χ0) is 25.9. The topological polar surface area (TPSA) is 45.2 Å². The second-order valence-corrected chi connectivity index (χ2v) is 10.9. The van der Waals surface area contributed by atoms with Gasteiger partial charge in [-0.15, -0.1) is 0 Å². The van der Waals surface area contributed by atoms with Gasteiger partial charge in [-0.05, 0) is 73.5 Å². The summed E-state index contributed by atoms with van der Waals surface area (Å²) in [5, 5.41) is 4.81. The fraction of sp³-hybridized carbons (Fsp3) is 0.214. The van der Waals surface area contributed by atoms with Gasteiger partial charge >= 0.3 is 0 Å². The molecule has 190 valence electrons. The highest BCUT2D eigenvalue weighted by Crippen LogP contribution is 2.40. The lowest BCUT2D eigenvalue weighted by Crippen LogP contribution is -2.37. The van der Waals surface area contributed by atoms with Crippen molar-refractivity contribution in [1.29, 1.82) is 0 Å². The van der Waals surface area contributed by atoms with Crippen LogP contribution in [0.3, 0.4) is 0 Å². The molecule has 4 nitrogen and oxygen atoms in total. The molecule has 1 aliphatic rings. The summed E-state index contributed by atoms with van der Waals surface area (Å²) in [6.07, 6.45) is 1.31. The summed E-state index contributed by atoms with van der Waals surface area (Å²) in [5.41, 5.74) is 3.20. The lowest BCUT2D eigenvalue weighted by Gasteiger charge is -2.31. The Morgan fingerprint density at radius 3 is 2.08 bits per heavy atom. The van der Waals surface area contributed by atoms with Crippen molar-refractivity contribution in [2.24, 2.45) is 5.92 Å². The zero-order valence-corrected chi connectivity index (χ0v) is 22.0. The molecule has 5 rings (SSSR count). The number of nitrogens with zero attached hydrogens (tertiary/aromatic N) is 2. The van der Waals surface area contributed by atoms with E-state index in [4.69, 9.17) is 28.2 Å². The molecular weight excluding hydrogens is 535 g/mol. The maximum Gasteiger partial charge on any atom is 0.229 e. The molecule has 4 aromatic rings. The summed E-state index contributed by atoms with van der Waals surface area (Å²) in [6, 6.07) is 18.5. The van der Waals surface area contributed by atoms with Crippen LogP contribution < -0.4 is 5.32 Å². The minimum atomic E-state index is -0.580. The molecule has 0 unspecified atom stereocenters. The summed E-state index contributed by atoms with van der Waals surface area (Å²) >= 11 is 13.6. The summed E-state index contributed by atoms with van der Waals surface area (Å²) in [5.74, 6) is -1.40. The number of halogens is 4. The van der Waals surface area contributed by atoms with E-state index in [9.17, 15) is 13.6 Å². The first-order valence-corrected chi connectivity index (χ1v) is 13.4. The molecule has 0 aliphatic carbocycles. The van der Waals surface area contributed by atoms with Crippen LogP contribution in [0.15, 0.2) is 66.7 Å². The molecule has 1 aromatic heterocycles. The van der Waals surface area contributed by atoms with Crippen LogP contribution in [-0.2, 0) is 11.3 Å². The summed E-state index contributed by atoms with van der Waals surface area (Å²) in [7, 11) is 0. The van der Waals surface area contributed by atoms with E-state index in [0.29, 0.717) is 53.2 Å². The van der Waals surface area contributed by atoms with Crippen molar-refractivity contribution in [3.8, 4) is 21.7 Å². The maximum atomic E-state index is 13.5. The monoisotopic (exact) mass is 557 g/mol. The van der Waals surface area contributed by atoms with Crippen LogP contribution in [0.5, 0.6) is 0 Å². The molecule has 1 saturated heterocycles. The van der Waals surface area contributed by atoms with Crippen LogP contribution in [0.2, 0.25) is 10.0 Å². The van der Waals surface area contributed by atoms with E-state index in [1.807, 2.05) is 48.5 Å². The largest absolute Gasteiger partial charge is 0.302 e. The molecule has 1 fully saturated rings. The normalized spacial score (nSPS) is 14.6. The van der Waals surface area contributed by atoms with E-state index in [1.165, 1.54) is 23.5 Å². The molecule has 0 bridgehead atoms. The number of piperidine rings is 1. The maximum absolute atomic E-state index is 13.5. The fourth-order valence-electron chi connectivity index (χ4n) is 4.50. The van der Waals surface area contributed by atoms with Crippen LogP contribution in [0, 0.1) is 17.6 Å². The standard InChI is InChI=1S/C28H23Cl2F2N3OS/c29-21-5-1-18(2-6-21)25-26(19-3-7-22(30)8-4-19)37-28(33-25)34-27(36)20-9-11-35(12-10-20)16-17-13-23(31)15-24(32)14-17/h1-8,13-15,20H,9-12,16H2,(H,33,34,36). The quantitative estimate of drug-likeness (QED) is 0.262. The second-order valence-electron chi connectivity index (χ2n) is 9.03. The molecule has 3 aromatic carbocycles. The van der Waals surface area contributed by atoms with Crippen molar-refractivity contribution in [1.82, 2.24) is 9.88 Å². The zero-order valence-electron chi connectivity index (χ0n) is 19.7. The lowest BCUT2D eigenvalue weighted by molar-refractivity contribution is -0.121. The van der Waals surface area contributed by atoms with E-state index in [2.05, 4.69) is 10.2 Å². The number of benzene rings is 3. The van der Waals surface area contributed by atoms with Crippen LogP contribution in [0.25, 0.3) is 21.7 Å². The number of carbonyl (C=O) groups excluding carboxylic acids is 1. The SMILES string of the molecule is O=C(Nc1nc(-c2ccc(Cl)cc2)c(-c2ccc(Cl)cc2)s1)C1CCN(Cc2cc(F)cc(F)c2)CC1. The molecule has 0 saturated carbocycles. The van der Waals surface area contributed by atoms with Crippen molar-refractivity contribution >= 4 is 45.6 Å². The van der Waals surface area contributed by atoms with Gasteiger partial charge in [-0.2, -0.15) is 0 Å². The average molecular weight is 558 g/mol. The Balaban J connectivity index is 1.28.